The molecule has 0 aliphatic heterocycles. The van der Waals surface area contributed by atoms with Crippen molar-refractivity contribution in [2.75, 3.05) is 5.32 Å². The largest absolute Gasteiger partial charge is 0.324 e. The van der Waals surface area contributed by atoms with E-state index in [1.807, 2.05) is 51.1 Å². The fourth-order valence-electron chi connectivity index (χ4n) is 2.35. The average Bonchev–Trinajstić information content (AvgIpc) is 2.85. The van der Waals surface area contributed by atoms with Crippen molar-refractivity contribution in [3.63, 3.8) is 0 Å². The summed E-state index contributed by atoms with van der Waals surface area (Å²) in [5.41, 5.74) is 0.615. The van der Waals surface area contributed by atoms with Gasteiger partial charge in [-0.3, -0.25) is 4.79 Å². The fraction of sp³-hybridized carbons (Fsp3) is 0.222. The highest BCUT2D eigenvalue weighted by molar-refractivity contribution is 7.25. The zero-order chi connectivity index (χ0) is 15.9. The van der Waals surface area contributed by atoms with Crippen LogP contribution < -0.4 is 5.32 Å². The number of carbonyl (C=O) groups excluding carboxylic acids is 1. The summed E-state index contributed by atoms with van der Waals surface area (Å²) >= 11 is 1.66. The molecule has 2 aromatic carbocycles. The molecular formula is C18H16N2OS. The number of nitrogens with one attached hydrogen (secondary N) is 1. The van der Waals surface area contributed by atoms with Gasteiger partial charge in [-0.2, -0.15) is 5.26 Å². The molecule has 110 valence electrons. The van der Waals surface area contributed by atoms with Crippen LogP contribution in [0.4, 0.5) is 5.69 Å². The van der Waals surface area contributed by atoms with Crippen LogP contribution in [-0.2, 0) is 4.79 Å². The third kappa shape index (κ3) is 2.34. The summed E-state index contributed by atoms with van der Waals surface area (Å²) in [5, 5.41) is 14.5. The molecule has 0 bridgehead atoms. The number of thiophene rings is 1. The average molecular weight is 308 g/mol. The summed E-state index contributed by atoms with van der Waals surface area (Å²) in [4.78, 5) is 12.2. The monoisotopic (exact) mass is 308 g/mol. The van der Waals surface area contributed by atoms with Crippen molar-refractivity contribution in [1.82, 2.24) is 0 Å². The molecule has 0 unspecified atom stereocenters. The van der Waals surface area contributed by atoms with Crippen molar-refractivity contribution < 1.29 is 4.79 Å². The van der Waals surface area contributed by atoms with Crippen LogP contribution in [0.15, 0.2) is 36.4 Å². The number of fused-ring (bicyclic) bond motifs is 3. The van der Waals surface area contributed by atoms with E-state index in [0.717, 1.165) is 20.2 Å². The summed E-state index contributed by atoms with van der Waals surface area (Å²) in [5.74, 6) is -0.0946. The van der Waals surface area contributed by atoms with Gasteiger partial charge >= 0.3 is 0 Å². The topological polar surface area (TPSA) is 52.9 Å². The van der Waals surface area contributed by atoms with Crippen LogP contribution >= 0.6 is 11.3 Å². The first-order valence-electron chi connectivity index (χ1n) is 7.07. The Bertz CT molecular complexity index is 926. The minimum atomic E-state index is -0.502. The standard InChI is InChI=1S/C18H16N2OS/c1-18(2,3)17(21)20-13-8-9-15-16(12(13)10-19)11-6-4-5-7-14(11)22-15/h4-9H,1-3H3,(H,20,21). The highest BCUT2D eigenvalue weighted by Gasteiger charge is 2.23. The van der Waals surface area contributed by atoms with Crippen molar-refractivity contribution in [1.29, 1.82) is 5.26 Å². The molecule has 0 aliphatic rings. The molecule has 0 spiro atoms. The number of hydrogen-bond acceptors (Lipinski definition) is 3. The van der Waals surface area contributed by atoms with Crippen molar-refractivity contribution >= 4 is 43.1 Å². The summed E-state index contributed by atoms with van der Waals surface area (Å²) in [6, 6.07) is 14.1. The highest BCUT2D eigenvalue weighted by atomic mass is 32.1. The number of carbonyl (C=O) groups is 1. The third-order valence-corrected chi connectivity index (χ3v) is 4.72. The normalized spacial score (nSPS) is 11.5. The number of hydrogen-bond donors (Lipinski definition) is 1. The molecule has 22 heavy (non-hydrogen) atoms. The summed E-state index contributed by atoms with van der Waals surface area (Å²) in [7, 11) is 0. The number of amides is 1. The van der Waals surface area contributed by atoms with Crippen LogP contribution in [0.5, 0.6) is 0 Å². The molecule has 0 saturated heterocycles. The van der Waals surface area contributed by atoms with Gasteiger partial charge in [-0.1, -0.05) is 39.0 Å². The lowest BCUT2D eigenvalue weighted by Gasteiger charge is -2.18. The molecule has 0 fully saturated rings. The van der Waals surface area contributed by atoms with E-state index in [-0.39, 0.29) is 5.91 Å². The maximum atomic E-state index is 12.2. The van der Waals surface area contributed by atoms with Crippen LogP contribution in [0.1, 0.15) is 26.3 Å². The fourth-order valence-corrected chi connectivity index (χ4v) is 3.46. The van der Waals surface area contributed by atoms with Gasteiger partial charge in [-0.05, 0) is 18.2 Å². The maximum absolute atomic E-state index is 12.2. The predicted molar refractivity (Wildman–Crippen MR) is 92.1 cm³/mol. The van der Waals surface area contributed by atoms with Gasteiger partial charge in [0.2, 0.25) is 5.91 Å². The molecule has 1 N–H and O–H groups in total. The van der Waals surface area contributed by atoms with E-state index in [4.69, 9.17) is 0 Å². The third-order valence-electron chi connectivity index (χ3n) is 3.58. The summed E-state index contributed by atoms with van der Waals surface area (Å²) in [6.07, 6.45) is 0. The molecule has 4 heteroatoms. The summed E-state index contributed by atoms with van der Waals surface area (Å²) < 4.78 is 2.21. The first-order chi connectivity index (χ1) is 10.4. The maximum Gasteiger partial charge on any atom is 0.229 e. The molecule has 0 aliphatic carbocycles. The molecular weight excluding hydrogens is 292 g/mol. The van der Waals surface area contributed by atoms with Gasteiger partial charge in [0.25, 0.3) is 0 Å². The number of benzene rings is 2. The molecule has 1 amide bonds. The molecule has 3 nitrogen and oxygen atoms in total. The van der Waals surface area contributed by atoms with Gasteiger partial charge in [0, 0.05) is 25.6 Å². The zero-order valence-corrected chi connectivity index (χ0v) is 13.5. The van der Waals surface area contributed by atoms with Gasteiger partial charge in [-0.25, -0.2) is 0 Å². The van der Waals surface area contributed by atoms with Gasteiger partial charge in [0.1, 0.15) is 6.07 Å². The smallest absolute Gasteiger partial charge is 0.229 e. The Morgan fingerprint density at radius 2 is 1.86 bits per heavy atom. The number of rotatable bonds is 1. The van der Waals surface area contributed by atoms with E-state index in [2.05, 4.69) is 17.5 Å². The molecule has 0 saturated carbocycles. The molecule has 3 rings (SSSR count). The Kier molecular flexibility index (Phi) is 3.38. The van der Waals surface area contributed by atoms with Gasteiger partial charge in [-0.15, -0.1) is 11.3 Å². The first-order valence-corrected chi connectivity index (χ1v) is 7.89. The molecule has 0 atom stereocenters. The number of nitriles is 1. The van der Waals surface area contributed by atoms with Crippen LogP contribution in [-0.4, -0.2) is 5.91 Å². The van der Waals surface area contributed by atoms with Crippen LogP contribution in [0, 0.1) is 16.7 Å². The predicted octanol–water partition coefficient (Wildman–Crippen LogP) is 4.91. The quantitative estimate of drug-likeness (QED) is 0.694. The highest BCUT2D eigenvalue weighted by Crippen LogP contribution is 2.38. The molecule has 0 radical (unpaired) electrons. The SMILES string of the molecule is CC(C)(C)C(=O)Nc1ccc2sc3ccccc3c2c1C#N. The van der Waals surface area contributed by atoms with Crippen molar-refractivity contribution in [2.24, 2.45) is 5.41 Å². The van der Waals surface area contributed by atoms with E-state index >= 15 is 0 Å². The van der Waals surface area contributed by atoms with Gasteiger partial charge < -0.3 is 5.32 Å². The minimum Gasteiger partial charge on any atom is -0.324 e. The Hall–Kier alpha value is -2.38. The first kappa shape index (κ1) is 14.6. The van der Waals surface area contributed by atoms with Gasteiger partial charge in [0.05, 0.1) is 11.3 Å². The lowest BCUT2D eigenvalue weighted by atomic mass is 9.95. The van der Waals surface area contributed by atoms with Gasteiger partial charge in [0.15, 0.2) is 0 Å². The second-order valence-corrected chi connectivity index (χ2v) is 7.36. The second kappa shape index (κ2) is 5.11. The van der Waals surface area contributed by atoms with E-state index in [9.17, 15) is 10.1 Å². The Morgan fingerprint density at radius 3 is 2.55 bits per heavy atom. The Balaban J connectivity index is 2.23. The number of anilines is 1. The minimum absolute atomic E-state index is 0.0946. The Labute approximate surface area is 133 Å². The second-order valence-electron chi connectivity index (χ2n) is 6.28. The lowest BCUT2D eigenvalue weighted by molar-refractivity contribution is -0.123. The summed E-state index contributed by atoms with van der Waals surface area (Å²) in [6.45, 7) is 5.56. The van der Waals surface area contributed by atoms with E-state index < -0.39 is 5.41 Å². The zero-order valence-electron chi connectivity index (χ0n) is 12.7. The van der Waals surface area contributed by atoms with E-state index in [1.165, 1.54) is 0 Å². The molecule has 1 aromatic heterocycles. The van der Waals surface area contributed by atoms with E-state index in [0.29, 0.717) is 11.3 Å². The Morgan fingerprint density at radius 1 is 1.14 bits per heavy atom. The van der Waals surface area contributed by atoms with Crippen LogP contribution in [0.3, 0.4) is 0 Å². The van der Waals surface area contributed by atoms with E-state index in [1.54, 1.807) is 11.3 Å². The lowest BCUT2D eigenvalue weighted by Crippen LogP contribution is -2.27. The van der Waals surface area contributed by atoms with Crippen molar-refractivity contribution in [2.45, 2.75) is 20.8 Å². The molecule has 1 heterocycles. The number of nitrogens with zero attached hydrogens (tertiary/aromatic N) is 1. The van der Waals surface area contributed by atoms with Crippen LogP contribution in [0.2, 0.25) is 0 Å². The van der Waals surface area contributed by atoms with Crippen molar-refractivity contribution in [3.8, 4) is 6.07 Å². The van der Waals surface area contributed by atoms with Crippen LogP contribution in [0.25, 0.3) is 20.2 Å². The molecule has 3 aromatic rings. The van der Waals surface area contributed by atoms with Crippen molar-refractivity contribution in [3.05, 3.63) is 42.0 Å².